The molecule has 0 saturated heterocycles. The Balaban J connectivity index is 1.38. The fourth-order valence-electron chi connectivity index (χ4n) is 4.24. The SMILES string of the molecule is C=CCCCCCCCCCCCCCCCCc1cccc2ccccc12. The van der Waals surface area contributed by atoms with E-state index in [-0.39, 0.29) is 0 Å². The van der Waals surface area contributed by atoms with E-state index in [0.29, 0.717) is 0 Å². The summed E-state index contributed by atoms with van der Waals surface area (Å²) in [5, 5.41) is 2.83. The van der Waals surface area contributed by atoms with Crippen molar-refractivity contribution in [2.24, 2.45) is 0 Å². The van der Waals surface area contributed by atoms with Crippen LogP contribution in [-0.4, -0.2) is 0 Å². The number of rotatable bonds is 17. The lowest BCUT2D eigenvalue weighted by molar-refractivity contribution is 0.534. The summed E-state index contributed by atoms with van der Waals surface area (Å²) in [5.41, 5.74) is 1.53. The van der Waals surface area contributed by atoms with Gasteiger partial charge in [-0.15, -0.1) is 6.58 Å². The zero-order valence-corrected chi connectivity index (χ0v) is 18.1. The lowest BCUT2D eigenvalue weighted by Crippen LogP contribution is -1.88. The molecule has 0 aliphatic heterocycles. The molecule has 0 aliphatic carbocycles. The number of hydrogen-bond acceptors (Lipinski definition) is 0. The summed E-state index contributed by atoms with van der Waals surface area (Å²) in [6, 6.07) is 15.5. The van der Waals surface area contributed by atoms with Gasteiger partial charge in [-0.1, -0.05) is 126 Å². The molecular weight excluding hydrogens is 336 g/mol. The number of fused-ring (bicyclic) bond motifs is 1. The van der Waals surface area contributed by atoms with Gasteiger partial charge in [0.1, 0.15) is 0 Å². The van der Waals surface area contributed by atoms with E-state index in [1.807, 2.05) is 6.08 Å². The quantitative estimate of drug-likeness (QED) is 0.190. The van der Waals surface area contributed by atoms with Crippen molar-refractivity contribution in [1.82, 2.24) is 0 Å². The Kier molecular flexibility index (Phi) is 12.5. The molecule has 154 valence electrons. The molecule has 0 radical (unpaired) electrons. The largest absolute Gasteiger partial charge is 0.103 e. The third kappa shape index (κ3) is 9.58. The molecule has 0 aliphatic rings. The first-order valence-electron chi connectivity index (χ1n) is 12.0. The molecular formula is C28H42. The van der Waals surface area contributed by atoms with Crippen molar-refractivity contribution in [2.45, 2.75) is 103 Å². The van der Waals surface area contributed by atoms with Crippen LogP contribution in [0, 0.1) is 0 Å². The first kappa shape index (κ1) is 22.7. The molecule has 2 aromatic carbocycles. The van der Waals surface area contributed by atoms with Crippen LogP contribution < -0.4 is 0 Å². The van der Waals surface area contributed by atoms with Crippen molar-refractivity contribution < 1.29 is 0 Å². The molecule has 0 atom stereocenters. The van der Waals surface area contributed by atoms with Crippen molar-refractivity contribution >= 4 is 10.8 Å². The molecule has 0 fully saturated rings. The van der Waals surface area contributed by atoms with Crippen LogP contribution in [0.4, 0.5) is 0 Å². The van der Waals surface area contributed by atoms with Gasteiger partial charge in [0.15, 0.2) is 0 Å². The van der Waals surface area contributed by atoms with E-state index in [2.05, 4.69) is 49.0 Å². The van der Waals surface area contributed by atoms with Gasteiger partial charge in [0.25, 0.3) is 0 Å². The molecule has 0 bridgehead atoms. The maximum atomic E-state index is 3.79. The average Bonchev–Trinajstić information content (AvgIpc) is 2.73. The van der Waals surface area contributed by atoms with E-state index in [1.165, 1.54) is 119 Å². The third-order valence-electron chi connectivity index (χ3n) is 5.98. The van der Waals surface area contributed by atoms with E-state index in [4.69, 9.17) is 0 Å². The van der Waals surface area contributed by atoms with E-state index >= 15 is 0 Å². The van der Waals surface area contributed by atoms with Crippen molar-refractivity contribution in [2.75, 3.05) is 0 Å². The van der Waals surface area contributed by atoms with Crippen molar-refractivity contribution in [3.05, 3.63) is 60.7 Å². The summed E-state index contributed by atoms with van der Waals surface area (Å²) in [5.74, 6) is 0. The van der Waals surface area contributed by atoms with E-state index in [9.17, 15) is 0 Å². The second-order valence-electron chi connectivity index (χ2n) is 8.42. The van der Waals surface area contributed by atoms with E-state index < -0.39 is 0 Å². The van der Waals surface area contributed by atoms with Gasteiger partial charge in [-0.25, -0.2) is 0 Å². The Morgan fingerprint density at radius 2 is 1.04 bits per heavy atom. The van der Waals surface area contributed by atoms with Crippen LogP contribution in [0.2, 0.25) is 0 Å². The summed E-state index contributed by atoms with van der Waals surface area (Å²) < 4.78 is 0. The molecule has 0 saturated carbocycles. The normalized spacial score (nSPS) is 11.1. The molecule has 28 heavy (non-hydrogen) atoms. The lowest BCUT2D eigenvalue weighted by Gasteiger charge is -2.07. The van der Waals surface area contributed by atoms with Gasteiger partial charge in [0, 0.05) is 0 Å². The fraction of sp³-hybridized carbons (Fsp3) is 0.571. The Bertz CT molecular complexity index is 634. The topological polar surface area (TPSA) is 0 Å². The highest BCUT2D eigenvalue weighted by atomic mass is 14.1. The minimum atomic E-state index is 1.20. The molecule has 0 spiro atoms. The minimum Gasteiger partial charge on any atom is -0.103 e. The third-order valence-corrected chi connectivity index (χ3v) is 5.98. The zero-order chi connectivity index (χ0) is 19.7. The predicted octanol–water partition coefficient (Wildman–Crippen LogP) is 9.42. The second-order valence-corrected chi connectivity index (χ2v) is 8.42. The highest BCUT2D eigenvalue weighted by Gasteiger charge is 2.00. The standard InChI is InChI=1S/C28H42/c1-2-3-4-5-6-7-8-9-10-11-12-13-14-15-16-17-21-26-23-20-24-27-22-18-19-25-28(26)27/h2,18-20,22-25H,1,3-17,21H2. The number of unbranched alkanes of at least 4 members (excludes halogenated alkanes) is 14. The van der Waals surface area contributed by atoms with Crippen LogP contribution in [0.1, 0.15) is 102 Å². The summed E-state index contributed by atoms with van der Waals surface area (Å²) in [4.78, 5) is 0. The molecule has 0 unspecified atom stereocenters. The minimum absolute atomic E-state index is 1.20. The highest BCUT2D eigenvalue weighted by Crippen LogP contribution is 2.21. The zero-order valence-electron chi connectivity index (χ0n) is 18.1. The van der Waals surface area contributed by atoms with Crippen molar-refractivity contribution in [3.8, 4) is 0 Å². The number of benzene rings is 2. The molecule has 0 heteroatoms. The summed E-state index contributed by atoms with van der Waals surface area (Å²) in [6.07, 6.45) is 24.3. The lowest BCUT2D eigenvalue weighted by atomic mass is 9.99. The van der Waals surface area contributed by atoms with Gasteiger partial charge in [0.05, 0.1) is 0 Å². The summed E-state index contributed by atoms with van der Waals surface area (Å²) >= 11 is 0. The molecule has 0 heterocycles. The van der Waals surface area contributed by atoms with Crippen LogP contribution in [0.5, 0.6) is 0 Å². The van der Waals surface area contributed by atoms with Gasteiger partial charge >= 0.3 is 0 Å². The van der Waals surface area contributed by atoms with Crippen molar-refractivity contribution in [1.29, 1.82) is 0 Å². The molecule has 0 amide bonds. The van der Waals surface area contributed by atoms with Crippen molar-refractivity contribution in [3.63, 3.8) is 0 Å². The Morgan fingerprint density at radius 3 is 1.64 bits per heavy atom. The Labute approximate surface area is 174 Å². The van der Waals surface area contributed by atoms with Gasteiger partial charge in [-0.2, -0.15) is 0 Å². The van der Waals surface area contributed by atoms with Crippen LogP contribution in [-0.2, 0) is 6.42 Å². The van der Waals surface area contributed by atoms with E-state index in [1.54, 1.807) is 0 Å². The maximum Gasteiger partial charge on any atom is -0.0152 e. The monoisotopic (exact) mass is 378 g/mol. The number of allylic oxidation sites excluding steroid dienone is 1. The highest BCUT2D eigenvalue weighted by molar-refractivity contribution is 5.85. The predicted molar refractivity (Wildman–Crippen MR) is 127 cm³/mol. The number of hydrogen-bond donors (Lipinski definition) is 0. The smallest absolute Gasteiger partial charge is 0.0152 e. The van der Waals surface area contributed by atoms with Gasteiger partial charge in [-0.3, -0.25) is 0 Å². The first-order valence-corrected chi connectivity index (χ1v) is 12.0. The molecule has 2 rings (SSSR count). The molecule has 2 aromatic rings. The maximum absolute atomic E-state index is 3.79. The summed E-state index contributed by atoms with van der Waals surface area (Å²) in [7, 11) is 0. The first-order chi connectivity index (χ1) is 13.9. The molecule has 0 N–H and O–H groups in total. The van der Waals surface area contributed by atoms with Crippen LogP contribution in [0.3, 0.4) is 0 Å². The van der Waals surface area contributed by atoms with E-state index in [0.717, 1.165) is 0 Å². The fourth-order valence-corrected chi connectivity index (χ4v) is 4.24. The average molecular weight is 379 g/mol. The Morgan fingerprint density at radius 1 is 0.536 bits per heavy atom. The number of aryl methyl sites for hydroxylation is 1. The van der Waals surface area contributed by atoms with Crippen LogP contribution in [0.25, 0.3) is 10.8 Å². The molecule has 0 aromatic heterocycles. The van der Waals surface area contributed by atoms with Gasteiger partial charge in [0.2, 0.25) is 0 Å². The van der Waals surface area contributed by atoms with Gasteiger partial charge < -0.3 is 0 Å². The summed E-state index contributed by atoms with van der Waals surface area (Å²) in [6.45, 7) is 3.79. The molecule has 0 nitrogen and oxygen atoms in total. The van der Waals surface area contributed by atoms with Gasteiger partial charge in [-0.05, 0) is 42.0 Å². The van der Waals surface area contributed by atoms with Crippen LogP contribution in [0.15, 0.2) is 55.1 Å². The van der Waals surface area contributed by atoms with Crippen LogP contribution >= 0.6 is 0 Å². The Hall–Kier alpha value is -1.56. The second kappa shape index (κ2) is 15.4.